The Hall–Kier alpha value is -2.80. The quantitative estimate of drug-likeness (QED) is 0.250. The molecule has 1 aromatic heterocycles. The number of benzene rings is 2. The summed E-state index contributed by atoms with van der Waals surface area (Å²) in [6, 6.07) is 8.29. The Morgan fingerprint density at radius 2 is 1.85 bits per heavy atom. The lowest BCUT2D eigenvalue weighted by Gasteiger charge is -2.31. The van der Waals surface area contributed by atoms with Crippen molar-refractivity contribution < 1.29 is 22.9 Å². The summed E-state index contributed by atoms with van der Waals surface area (Å²) in [5, 5.41) is 11.6. The molecule has 2 heterocycles. The van der Waals surface area contributed by atoms with E-state index in [0.29, 0.717) is 23.3 Å². The van der Waals surface area contributed by atoms with Crippen molar-refractivity contribution in [3.8, 4) is 5.75 Å². The molecule has 0 atom stereocenters. The molecular formula is C22H23BrN4O6S. The largest absolute Gasteiger partial charge is 0.497 e. The summed E-state index contributed by atoms with van der Waals surface area (Å²) in [5.41, 5.74) is 0.0998. The summed E-state index contributed by atoms with van der Waals surface area (Å²) in [6.45, 7) is 3.15. The minimum Gasteiger partial charge on any atom is -0.497 e. The number of fused-ring (bicyclic) bond motifs is 1. The van der Waals surface area contributed by atoms with Crippen molar-refractivity contribution in [1.29, 1.82) is 0 Å². The van der Waals surface area contributed by atoms with Gasteiger partial charge in [-0.05, 0) is 47.2 Å². The highest BCUT2D eigenvalue weighted by Crippen LogP contribution is 2.33. The maximum Gasteiger partial charge on any atom is 0.270 e. The van der Waals surface area contributed by atoms with Gasteiger partial charge in [0.25, 0.3) is 15.7 Å². The number of likely N-dealkylation sites (N-methyl/N-ethyl adjacent to an activating group) is 1. The van der Waals surface area contributed by atoms with Crippen LogP contribution in [-0.4, -0.2) is 79.8 Å². The zero-order valence-electron chi connectivity index (χ0n) is 18.6. The van der Waals surface area contributed by atoms with Crippen LogP contribution in [0.3, 0.4) is 0 Å². The van der Waals surface area contributed by atoms with Gasteiger partial charge in [-0.15, -0.1) is 0 Å². The molecule has 1 aliphatic heterocycles. The van der Waals surface area contributed by atoms with Crippen LogP contribution < -0.4 is 4.74 Å². The van der Waals surface area contributed by atoms with Crippen LogP contribution in [0.15, 0.2) is 52.0 Å². The molecule has 0 bridgehead atoms. The predicted octanol–water partition coefficient (Wildman–Crippen LogP) is 2.99. The summed E-state index contributed by atoms with van der Waals surface area (Å²) in [5.74, 6) is 0.180. The van der Waals surface area contributed by atoms with Gasteiger partial charge in [-0.3, -0.25) is 19.8 Å². The molecule has 0 saturated carbocycles. The number of rotatable bonds is 7. The lowest BCUT2D eigenvalue weighted by molar-refractivity contribution is -0.384. The number of Topliss-reactive ketones (excluding diaryl/α,β-unsaturated/α-hetero) is 1. The molecule has 0 radical (unpaired) electrons. The van der Waals surface area contributed by atoms with E-state index in [1.54, 1.807) is 0 Å². The van der Waals surface area contributed by atoms with E-state index in [2.05, 4.69) is 20.8 Å². The van der Waals surface area contributed by atoms with Gasteiger partial charge in [0.15, 0.2) is 5.78 Å². The van der Waals surface area contributed by atoms with E-state index in [-0.39, 0.29) is 39.4 Å². The van der Waals surface area contributed by atoms with Crippen molar-refractivity contribution in [3.63, 3.8) is 0 Å². The molecule has 1 fully saturated rings. The molecule has 0 N–H and O–H groups in total. The van der Waals surface area contributed by atoms with E-state index in [1.165, 1.54) is 49.7 Å². The third kappa shape index (κ3) is 4.58. The predicted molar refractivity (Wildman–Crippen MR) is 130 cm³/mol. The normalized spacial score (nSPS) is 15.5. The fourth-order valence-corrected chi connectivity index (χ4v) is 6.33. The molecule has 0 spiro atoms. The summed E-state index contributed by atoms with van der Waals surface area (Å²) in [6.07, 6.45) is 1.26. The third-order valence-electron chi connectivity index (χ3n) is 5.90. The molecule has 0 unspecified atom stereocenters. The van der Waals surface area contributed by atoms with Crippen LogP contribution in [0, 0.1) is 10.1 Å². The van der Waals surface area contributed by atoms with E-state index >= 15 is 0 Å². The van der Waals surface area contributed by atoms with Crippen LogP contribution in [0.4, 0.5) is 5.69 Å². The first kappa shape index (κ1) is 24.3. The Bertz CT molecular complexity index is 1380. The maximum absolute atomic E-state index is 13.6. The first-order chi connectivity index (χ1) is 16.1. The SMILES string of the molecule is COc1ccc(S(=O)(=O)n2cc(C(=O)CN3CCN(C)CC3)c3cc([N+](=O)[O-])ccc32)c(Br)c1. The Morgan fingerprint density at radius 1 is 1.15 bits per heavy atom. The first-order valence-electron chi connectivity index (χ1n) is 10.4. The fourth-order valence-electron chi connectivity index (χ4n) is 3.94. The van der Waals surface area contributed by atoms with E-state index < -0.39 is 14.9 Å². The highest BCUT2D eigenvalue weighted by Gasteiger charge is 2.28. The number of ketones is 1. The minimum absolute atomic E-state index is 0.0263. The van der Waals surface area contributed by atoms with Crippen LogP contribution in [0.2, 0.25) is 0 Å². The van der Waals surface area contributed by atoms with E-state index in [9.17, 15) is 23.3 Å². The van der Waals surface area contributed by atoms with Gasteiger partial charge < -0.3 is 9.64 Å². The number of nitrogens with zero attached hydrogens (tertiary/aromatic N) is 4. The molecule has 0 aliphatic carbocycles. The molecule has 1 saturated heterocycles. The van der Waals surface area contributed by atoms with Gasteiger partial charge in [0.05, 0.1) is 24.1 Å². The number of nitro groups is 1. The van der Waals surface area contributed by atoms with Crippen molar-refractivity contribution >= 4 is 48.3 Å². The second kappa shape index (κ2) is 9.45. The Morgan fingerprint density at radius 3 is 2.47 bits per heavy atom. The van der Waals surface area contributed by atoms with Gasteiger partial charge in [0.2, 0.25) is 0 Å². The van der Waals surface area contributed by atoms with Crippen molar-refractivity contribution in [2.45, 2.75) is 4.90 Å². The molecule has 3 aromatic rings. The van der Waals surface area contributed by atoms with Crippen molar-refractivity contribution in [1.82, 2.24) is 13.8 Å². The number of piperazine rings is 1. The lowest BCUT2D eigenvalue weighted by Crippen LogP contribution is -2.46. The summed E-state index contributed by atoms with van der Waals surface area (Å²) in [4.78, 5) is 28.2. The Labute approximate surface area is 205 Å². The third-order valence-corrected chi connectivity index (χ3v) is 8.55. The molecule has 12 heteroatoms. The number of hydrogen-bond acceptors (Lipinski definition) is 8. The average Bonchev–Trinajstić information content (AvgIpc) is 3.20. The second-order valence-electron chi connectivity index (χ2n) is 8.10. The lowest BCUT2D eigenvalue weighted by atomic mass is 10.1. The average molecular weight is 551 g/mol. The van der Waals surface area contributed by atoms with E-state index in [0.717, 1.165) is 17.1 Å². The van der Waals surface area contributed by atoms with Crippen LogP contribution in [0.25, 0.3) is 10.9 Å². The van der Waals surface area contributed by atoms with Crippen molar-refractivity contribution in [2.24, 2.45) is 0 Å². The highest BCUT2D eigenvalue weighted by atomic mass is 79.9. The Balaban J connectivity index is 1.81. The Kier molecular flexibility index (Phi) is 6.76. The van der Waals surface area contributed by atoms with Crippen LogP contribution in [-0.2, 0) is 10.0 Å². The fraction of sp³-hybridized carbons (Fsp3) is 0.318. The molecular weight excluding hydrogens is 528 g/mol. The number of nitro benzene ring substituents is 1. The maximum atomic E-state index is 13.6. The molecule has 10 nitrogen and oxygen atoms in total. The van der Waals surface area contributed by atoms with Gasteiger partial charge in [-0.25, -0.2) is 12.4 Å². The number of carbonyl (C=O) groups excluding carboxylic acids is 1. The van der Waals surface area contributed by atoms with Crippen LogP contribution in [0.5, 0.6) is 5.75 Å². The number of aromatic nitrogens is 1. The van der Waals surface area contributed by atoms with Crippen molar-refractivity contribution in [2.75, 3.05) is 46.9 Å². The molecule has 34 heavy (non-hydrogen) atoms. The minimum atomic E-state index is -4.14. The van der Waals surface area contributed by atoms with Crippen molar-refractivity contribution in [3.05, 3.63) is 62.7 Å². The zero-order chi connectivity index (χ0) is 24.6. The van der Waals surface area contributed by atoms with Gasteiger partial charge in [0, 0.05) is 59.9 Å². The number of non-ortho nitro benzene ring substituents is 1. The highest BCUT2D eigenvalue weighted by molar-refractivity contribution is 9.10. The van der Waals surface area contributed by atoms with Gasteiger partial charge in [-0.1, -0.05) is 0 Å². The molecule has 0 amide bonds. The number of ether oxygens (including phenoxy) is 1. The summed E-state index contributed by atoms with van der Waals surface area (Å²) >= 11 is 3.28. The van der Waals surface area contributed by atoms with Gasteiger partial charge >= 0.3 is 0 Å². The topological polar surface area (TPSA) is 115 Å². The molecule has 2 aromatic carbocycles. The number of carbonyl (C=O) groups is 1. The van der Waals surface area contributed by atoms with Gasteiger partial charge in [-0.2, -0.15) is 0 Å². The molecule has 180 valence electrons. The molecule has 4 rings (SSSR count). The van der Waals surface area contributed by atoms with E-state index in [4.69, 9.17) is 4.74 Å². The summed E-state index contributed by atoms with van der Waals surface area (Å²) < 4.78 is 33.6. The van der Waals surface area contributed by atoms with E-state index in [1.807, 2.05) is 11.9 Å². The number of methoxy groups -OCH3 is 1. The smallest absolute Gasteiger partial charge is 0.270 e. The second-order valence-corrected chi connectivity index (χ2v) is 10.7. The summed E-state index contributed by atoms with van der Waals surface area (Å²) in [7, 11) is -0.655. The van der Waals surface area contributed by atoms with Crippen LogP contribution in [0.1, 0.15) is 10.4 Å². The van der Waals surface area contributed by atoms with Crippen LogP contribution >= 0.6 is 15.9 Å². The number of halogens is 1. The zero-order valence-corrected chi connectivity index (χ0v) is 21.0. The monoisotopic (exact) mass is 550 g/mol. The van der Waals surface area contributed by atoms with Gasteiger partial charge in [0.1, 0.15) is 10.6 Å². The number of hydrogen-bond donors (Lipinski definition) is 0. The molecule has 1 aliphatic rings. The first-order valence-corrected chi connectivity index (χ1v) is 12.7. The standard InChI is InChI=1S/C22H23BrN4O6S/c1-24-7-9-25(10-8-24)14-21(28)18-13-26(20-5-3-15(27(29)30)11-17(18)20)34(31,32)22-6-4-16(33-2)12-19(22)23/h3-6,11-13H,7-10,14H2,1-2H3.